The van der Waals surface area contributed by atoms with E-state index >= 15 is 0 Å². The predicted molar refractivity (Wildman–Crippen MR) is 74.5 cm³/mol. The molecular weight excluding hydrogens is 246 g/mol. The van der Waals surface area contributed by atoms with Crippen LogP contribution in [0.15, 0.2) is 18.2 Å². The van der Waals surface area contributed by atoms with Gasteiger partial charge in [-0.25, -0.2) is 13.8 Å². The number of pyridine rings is 1. The Morgan fingerprint density at radius 1 is 1.21 bits per heavy atom. The van der Waals surface area contributed by atoms with E-state index in [4.69, 9.17) is 0 Å². The van der Waals surface area contributed by atoms with Gasteiger partial charge in [-0.1, -0.05) is 20.8 Å². The molecule has 1 aromatic heterocycles. The third-order valence-electron chi connectivity index (χ3n) is 3.01. The van der Waals surface area contributed by atoms with Crippen LogP contribution in [0.3, 0.4) is 0 Å². The zero-order valence-corrected chi connectivity index (χ0v) is 11.6. The van der Waals surface area contributed by atoms with E-state index in [0.29, 0.717) is 11.9 Å². The number of nitrogens with one attached hydrogen (secondary N) is 1. The molecule has 0 unspecified atom stereocenters. The van der Waals surface area contributed by atoms with E-state index in [2.05, 4.69) is 10.3 Å². The molecule has 19 heavy (non-hydrogen) atoms. The van der Waals surface area contributed by atoms with Crippen LogP contribution in [0.5, 0.6) is 0 Å². The molecule has 0 saturated carbocycles. The topological polar surface area (TPSA) is 24.9 Å². The van der Waals surface area contributed by atoms with Crippen LogP contribution in [0.1, 0.15) is 33.4 Å². The number of benzene rings is 1. The summed E-state index contributed by atoms with van der Waals surface area (Å²) in [5, 5.41) is 3.79. The van der Waals surface area contributed by atoms with Crippen LogP contribution in [0.25, 0.3) is 10.9 Å². The number of aromatic nitrogens is 1. The monoisotopic (exact) mass is 264 g/mol. The van der Waals surface area contributed by atoms with E-state index in [1.807, 2.05) is 33.8 Å². The molecule has 2 nitrogen and oxygen atoms in total. The van der Waals surface area contributed by atoms with Crippen molar-refractivity contribution in [2.45, 2.75) is 33.1 Å². The molecular formula is C15H18F2N2. The highest BCUT2D eigenvalue weighted by Crippen LogP contribution is 2.31. The van der Waals surface area contributed by atoms with E-state index in [1.54, 1.807) is 6.07 Å². The Hall–Kier alpha value is -1.71. The molecule has 0 radical (unpaired) electrons. The maximum Gasteiger partial charge on any atom is 0.185 e. The molecule has 0 spiro atoms. The van der Waals surface area contributed by atoms with Crippen molar-refractivity contribution in [2.24, 2.45) is 0 Å². The fourth-order valence-corrected chi connectivity index (χ4v) is 1.95. The zero-order chi connectivity index (χ0) is 14.2. The SMILES string of the molecule is CCNc1cc(C(C)(C)C)nc2c(F)c(F)ccc12. The Morgan fingerprint density at radius 2 is 1.89 bits per heavy atom. The summed E-state index contributed by atoms with van der Waals surface area (Å²) in [7, 11) is 0. The lowest BCUT2D eigenvalue weighted by Gasteiger charge is -2.20. The molecule has 0 fully saturated rings. The van der Waals surface area contributed by atoms with Crippen LogP contribution in [0, 0.1) is 11.6 Å². The van der Waals surface area contributed by atoms with Crippen LogP contribution >= 0.6 is 0 Å². The predicted octanol–water partition coefficient (Wildman–Crippen LogP) is 4.24. The molecule has 0 aliphatic heterocycles. The fraction of sp³-hybridized carbons (Fsp3) is 0.400. The molecule has 0 aliphatic carbocycles. The third kappa shape index (κ3) is 2.53. The molecule has 102 valence electrons. The van der Waals surface area contributed by atoms with Crippen molar-refractivity contribution in [3.05, 3.63) is 35.5 Å². The summed E-state index contributed by atoms with van der Waals surface area (Å²) in [6.07, 6.45) is 0. The fourth-order valence-electron chi connectivity index (χ4n) is 1.95. The highest BCUT2D eigenvalue weighted by molar-refractivity contribution is 5.92. The van der Waals surface area contributed by atoms with Crippen LogP contribution in [-0.4, -0.2) is 11.5 Å². The first-order chi connectivity index (χ1) is 8.84. The van der Waals surface area contributed by atoms with Gasteiger partial charge in [0.15, 0.2) is 11.6 Å². The van der Waals surface area contributed by atoms with Gasteiger partial charge in [0.1, 0.15) is 5.52 Å². The van der Waals surface area contributed by atoms with Crippen molar-refractivity contribution in [1.29, 1.82) is 0 Å². The maximum atomic E-state index is 13.9. The molecule has 1 N–H and O–H groups in total. The van der Waals surface area contributed by atoms with Crippen molar-refractivity contribution in [1.82, 2.24) is 4.98 Å². The summed E-state index contributed by atoms with van der Waals surface area (Å²) in [5.74, 6) is -1.75. The number of fused-ring (bicyclic) bond motifs is 1. The summed E-state index contributed by atoms with van der Waals surface area (Å²) >= 11 is 0. The van der Waals surface area contributed by atoms with Crippen molar-refractivity contribution in [2.75, 3.05) is 11.9 Å². The first-order valence-electron chi connectivity index (χ1n) is 6.37. The van der Waals surface area contributed by atoms with Gasteiger partial charge in [0.2, 0.25) is 0 Å². The van der Waals surface area contributed by atoms with Gasteiger partial charge in [-0.05, 0) is 25.1 Å². The first kappa shape index (κ1) is 13.7. The zero-order valence-electron chi connectivity index (χ0n) is 11.6. The second-order valence-electron chi connectivity index (χ2n) is 5.59. The lowest BCUT2D eigenvalue weighted by atomic mass is 9.90. The second-order valence-corrected chi connectivity index (χ2v) is 5.59. The van der Waals surface area contributed by atoms with Gasteiger partial charge >= 0.3 is 0 Å². The second kappa shape index (κ2) is 4.76. The van der Waals surface area contributed by atoms with E-state index in [0.717, 1.165) is 17.4 Å². The van der Waals surface area contributed by atoms with Gasteiger partial charge in [0.25, 0.3) is 0 Å². The minimum absolute atomic E-state index is 0.0865. The van der Waals surface area contributed by atoms with E-state index in [-0.39, 0.29) is 10.9 Å². The molecule has 2 rings (SSSR count). The van der Waals surface area contributed by atoms with Gasteiger partial charge < -0.3 is 5.32 Å². The molecule has 0 atom stereocenters. The molecule has 0 bridgehead atoms. The Balaban J connectivity index is 2.80. The number of rotatable bonds is 2. The first-order valence-corrected chi connectivity index (χ1v) is 6.37. The number of halogens is 2. The number of nitrogens with zero attached hydrogens (tertiary/aromatic N) is 1. The van der Waals surface area contributed by atoms with Crippen molar-refractivity contribution in [3.8, 4) is 0 Å². The van der Waals surface area contributed by atoms with Crippen molar-refractivity contribution < 1.29 is 8.78 Å². The molecule has 0 amide bonds. The van der Waals surface area contributed by atoms with Crippen LogP contribution in [0.2, 0.25) is 0 Å². The average Bonchev–Trinajstić information content (AvgIpc) is 2.33. The molecule has 4 heteroatoms. The number of hydrogen-bond acceptors (Lipinski definition) is 2. The summed E-state index contributed by atoms with van der Waals surface area (Å²) < 4.78 is 27.3. The van der Waals surface area contributed by atoms with E-state index in [9.17, 15) is 8.78 Å². The van der Waals surface area contributed by atoms with Crippen molar-refractivity contribution in [3.63, 3.8) is 0 Å². The lowest BCUT2D eigenvalue weighted by Crippen LogP contribution is -2.15. The summed E-state index contributed by atoms with van der Waals surface area (Å²) in [5.41, 5.74) is 1.39. The minimum atomic E-state index is -0.886. The largest absolute Gasteiger partial charge is 0.385 e. The molecule has 2 aromatic rings. The average molecular weight is 264 g/mol. The summed E-state index contributed by atoms with van der Waals surface area (Å²) in [4.78, 5) is 4.29. The summed E-state index contributed by atoms with van der Waals surface area (Å²) in [6.45, 7) is 8.65. The van der Waals surface area contributed by atoms with Crippen molar-refractivity contribution >= 4 is 16.6 Å². The standard InChI is InChI=1S/C15H18F2N2/c1-5-18-11-8-12(15(2,3)4)19-14-9(11)6-7-10(16)13(14)17/h6-8H,5H2,1-4H3,(H,18,19). The Morgan fingerprint density at radius 3 is 2.47 bits per heavy atom. The van der Waals surface area contributed by atoms with Gasteiger partial charge in [-0.3, -0.25) is 0 Å². The van der Waals surface area contributed by atoms with Gasteiger partial charge in [-0.2, -0.15) is 0 Å². The smallest absolute Gasteiger partial charge is 0.185 e. The van der Waals surface area contributed by atoms with Gasteiger partial charge in [0.05, 0.1) is 0 Å². The Bertz CT molecular complexity index is 616. The van der Waals surface area contributed by atoms with E-state index in [1.165, 1.54) is 0 Å². The van der Waals surface area contributed by atoms with Gasteiger partial charge in [-0.15, -0.1) is 0 Å². The molecule has 0 aliphatic rings. The third-order valence-corrected chi connectivity index (χ3v) is 3.01. The summed E-state index contributed by atoms with van der Waals surface area (Å²) in [6, 6.07) is 4.60. The van der Waals surface area contributed by atoms with E-state index < -0.39 is 11.6 Å². The minimum Gasteiger partial charge on any atom is -0.385 e. The number of hydrogen-bond donors (Lipinski definition) is 1. The normalized spacial score (nSPS) is 11.9. The lowest BCUT2D eigenvalue weighted by molar-refractivity contribution is 0.513. The highest BCUT2D eigenvalue weighted by Gasteiger charge is 2.20. The van der Waals surface area contributed by atoms with Crippen LogP contribution < -0.4 is 5.32 Å². The Labute approximate surface area is 111 Å². The Kier molecular flexibility index (Phi) is 3.43. The van der Waals surface area contributed by atoms with Crippen LogP contribution in [-0.2, 0) is 5.41 Å². The van der Waals surface area contributed by atoms with Gasteiger partial charge in [0, 0.05) is 28.7 Å². The highest BCUT2D eigenvalue weighted by atomic mass is 19.2. The number of anilines is 1. The molecule has 1 heterocycles. The maximum absolute atomic E-state index is 13.9. The molecule has 1 aromatic carbocycles. The van der Waals surface area contributed by atoms with Crippen LogP contribution in [0.4, 0.5) is 14.5 Å². The molecule has 0 saturated heterocycles. The quantitative estimate of drug-likeness (QED) is 0.877.